The van der Waals surface area contributed by atoms with Gasteiger partial charge in [-0.2, -0.15) is 0 Å². The zero-order valence-electron chi connectivity index (χ0n) is 11.7. The SMILES string of the molecule is COc1ccc(COc2ccc(C)cc2CN)cc1F. The second-order valence-corrected chi connectivity index (χ2v) is 4.57. The monoisotopic (exact) mass is 275 g/mol. The minimum absolute atomic E-state index is 0.228. The van der Waals surface area contributed by atoms with Crippen LogP contribution in [-0.4, -0.2) is 7.11 Å². The van der Waals surface area contributed by atoms with E-state index in [0.29, 0.717) is 6.54 Å². The molecule has 2 rings (SSSR count). The van der Waals surface area contributed by atoms with Gasteiger partial charge in [-0.05, 0) is 30.7 Å². The van der Waals surface area contributed by atoms with Gasteiger partial charge in [-0.15, -0.1) is 0 Å². The Morgan fingerprint density at radius 3 is 2.50 bits per heavy atom. The predicted molar refractivity (Wildman–Crippen MR) is 76.4 cm³/mol. The van der Waals surface area contributed by atoms with Crippen LogP contribution < -0.4 is 15.2 Å². The van der Waals surface area contributed by atoms with Gasteiger partial charge < -0.3 is 15.2 Å². The van der Waals surface area contributed by atoms with Crippen molar-refractivity contribution >= 4 is 0 Å². The Kier molecular flexibility index (Phi) is 4.58. The first-order valence-electron chi connectivity index (χ1n) is 6.39. The van der Waals surface area contributed by atoms with E-state index in [1.165, 1.54) is 13.2 Å². The molecule has 0 aliphatic carbocycles. The Hall–Kier alpha value is -2.07. The highest BCUT2D eigenvalue weighted by Crippen LogP contribution is 2.22. The molecular weight excluding hydrogens is 257 g/mol. The lowest BCUT2D eigenvalue weighted by atomic mass is 10.1. The molecule has 20 heavy (non-hydrogen) atoms. The van der Waals surface area contributed by atoms with Gasteiger partial charge in [0.05, 0.1) is 7.11 Å². The first kappa shape index (κ1) is 14.3. The molecule has 3 nitrogen and oxygen atoms in total. The van der Waals surface area contributed by atoms with Gasteiger partial charge in [0.25, 0.3) is 0 Å². The molecule has 0 atom stereocenters. The molecule has 0 amide bonds. The van der Waals surface area contributed by atoms with Crippen LogP contribution >= 0.6 is 0 Å². The zero-order chi connectivity index (χ0) is 14.5. The highest BCUT2D eigenvalue weighted by Gasteiger charge is 2.06. The highest BCUT2D eigenvalue weighted by atomic mass is 19.1. The number of nitrogens with two attached hydrogens (primary N) is 1. The maximum absolute atomic E-state index is 13.6. The molecule has 0 fully saturated rings. The molecule has 0 saturated heterocycles. The van der Waals surface area contributed by atoms with E-state index >= 15 is 0 Å². The zero-order valence-corrected chi connectivity index (χ0v) is 11.7. The van der Waals surface area contributed by atoms with Gasteiger partial charge in [-0.1, -0.05) is 23.8 Å². The van der Waals surface area contributed by atoms with E-state index in [0.717, 1.165) is 22.4 Å². The first-order valence-corrected chi connectivity index (χ1v) is 6.39. The molecule has 2 aromatic rings. The van der Waals surface area contributed by atoms with Crippen molar-refractivity contribution in [2.45, 2.75) is 20.1 Å². The minimum Gasteiger partial charge on any atom is -0.494 e. The molecule has 0 bridgehead atoms. The Morgan fingerprint density at radius 2 is 1.85 bits per heavy atom. The van der Waals surface area contributed by atoms with Crippen molar-refractivity contribution < 1.29 is 13.9 Å². The van der Waals surface area contributed by atoms with Crippen LogP contribution in [0.1, 0.15) is 16.7 Å². The van der Waals surface area contributed by atoms with E-state index in [1.807, 2.05) is 25.1 Å². The summed E-state index contributed by atoms with van der Waals surface area (Å²) in [5.41, 5.74) is 8.51. The van der Waals surface area contributed by atoms with Gasteiger partial charge in [0.2, 0.25) is 0 Å². The third-order valence-corrected chi connectivity index (χ3v) is 3.05. The molecule has 2 N–H and O–H groups in total. The number of benzene rings is 2. The van der Waals surface area contributed by atoms with Gasteiger partial charge in [-0.3, -0.25) is 0 Å². The van der Waals surface area contributed by atoms with Crippen LogP contribution in [-0.2, 0) is 13.2 Å². The summed E-state index contributed by atoms with van der Waals surface area (Å²) in [7, 11) is 1.44. The van der Waals surface area contributed by atoms with Crippen LogP contribution in [0.15, 0.2) is 36.4 Å². The number of rotatable bonds is 5. The van der Waals surface area contributed by atoms with Crippen LogP contribution in [0.2, 0.25) is 0 Å². The fourth-order valence-corrected chi connectivity index (χ4v) is 1.97. The molecule has 0 saturated carbocycles. The summed E-state index contributed by atoms with van der Waals surface area (Å²) < 4.78 is 24.2. The highest BCUT2D eigenvalue weighted by molar-refractivity contribution is 5.37. The number of hydrogen-bond donors (Lipinski definition) is 1. The van der Waals surface area contributed by atoms with Gasteiger partial charge in [0.1, 0.15) is 12.4 Å². The Bertz CT molecular complexity index is 599. The van der Waals surface area contributed by atoms with Crippen molar-refractivity contribution in [3.63, 3.8) is 0 Å². The van der Waals surface area contributed by atoms with E-state index in [1.54, 1.807) is 12.1 Å². The van der Waals surface area contributed by atoms with Crippen molar-refractivity contribution in [3.05, 3.63) is 58.9 Å². The molecule has 0 unspecified atom stereocenters. The van der Waals surface area contributed by atoms with Gasteiger partial charge >= 0.3 is 0 Å². The summed E-state index contributed by atoms with van der Waals surface area (Å²) in [6.45, 7) is 2.70. The number of methoxy groups -OCH3 is 1. The van der Waals surface area contributed by atoms with E-state index in [2.05, 4.69) is 0 Å². The van der Waals surface area contributed by atoms with Gasteiger partial charge in [0.15, 0.2) is 11.6 Å². The molecule has 0 aliphatic rings. The molecule has 106 valence electrons. The first-order chi connectivity index (χ1) is 9.63. The van der Waals surface area contributed by atoms with Crippen LogP contribution in [0, 0.1) is 12.7 Å². The topological polar surface area (TPSA) is 44.5 Å². The minimum atomic E-state index is -0.392. The number of ether oxygens (including phenoxy) is 2. The Morgan fingerprint density at radius 1 is 1.10 bits per heavy atom. The second kappa shape index (κ2) is 6.39. The standard InChI is InChI=1S/C16H18FNO2/c1-11-3-5-15(13(7-11)9-18)20-10-12-4-6-16(19-2)14(17)8-12/h3-8H,9-10,18H2,1-2H3. The fourth-order valence-electron chi connectivity index (χ4n) is 1.97. The third kappa shape index (κ3) is 3.27. The predicted octanol–water partition coefficient (Wildman–Crippen LogP) is 3.18. The average molecular weight is 275 g/mol. The average Bonchev–Trinajstić information content (AvgIpc) is 2.46. The summed E-state index contributed by atoms with van der Waals surface area (Å²) in [5, 5.41) is 0. The summed E-state index contributed by atoms with van der Waals surface area (Å²) in [4.78, 5) is 0. The lowest BCUT2D eigenvalue weighted by molar-refractivity contribution is 0.301. The van der Waals surface area contributed by atoms with E-state index in [9.17, 15) is 4.39 Å². The maximum atomic E-state index is 13.6. The quantitative estimate of drug-likeness (QED) is 0.911. The Balaban J connectivity index is 2.10. The summed E-state index contributed by atoms with van der Waals surface area (Å²) in [6.07, 6.45) is 0. The van der Waals surface area contributed by atoms with E-state index in [-0.39, 0.29) is 12.4 Å². The third-order valence-electron chi connectivity index (χ3n) is 3.05. The number of aryl methyl sites for hydroxylation is 1. The molecule has 0 aliphatic heterocycles. The van der Waals surface area contributed by atoms with Crippen LogP contribution in [0.4, 0.5) is 4.39 Å². The number of hydrogen-bond acceptors (Lipinski definition) is 3. The lowest BCUT2D eigenvalue weighted by Gasteiger charge is -2.12. The largest absolute Gasteiger partial charge is 0.494 e. The molecule has 2 aromatic carbocycles. The molecule has 0 radical (unpaired) electrons. The van der Waals surface area contributed by atoms with Crippen LogP contribution in [0.5, 0.6) is 11.5 Å². The van der Waals surface area contributed by atoms with Crippen LogP contribution in [0.3, 0.4) is 0 Å². The Labute approximate surface area is 118 Å². The number of halogens is 1. The molecule has 4 heteroatoms. The summed E-state index contributed by atoms with van der Waals surface area (Å²) in [6, 6.07) is 10.6. The van der Waals surface area contributed by atoms with Crippen molar-refractivity contribution in [2.24, 2.45) is 5.73 Å². The van der Waals surface area contributed by atoms with Gasteiger partial charge in [-0.25, -0.2) is 4.39 Å². The molecule has 0 heterocycles. The van der Waals surface area contributed by atoms with Crippen molar-refractivity contribution in [2.75, 3.05) is 7.11 Å². The van der Waals surface area contributed by atoms with Gasteiger partial charge in [0, 0.05) is 12.1 Å². The van der Waals surface area contributed by atoms with Crippen LogP contribution in [0.25, 0.3) is 0 Å². The molecular formula is C16H18FNO2. The van der Waals surface area contributed by atoms with E-state index < -0.39 is 5.82 Å². The normalized spacial score (nSPS) is 10.4. The molecule has 0 spiro atoms. The van der Waals surface area contributed by atoms with Crippen molar-refractivity contribution in [1.82, 2.24) is 0 Å². The van der Waals surface area contributed by atoms with Crippen molar-refractivity contribution in [1.29, 1.82) is 0 Å². The smallest absolute Gasteiger partial charge is 0.165 e. The van der Waals surface area contributed by atoms with E-state index in [4.69, 9.17) is 15.2 Å². The maximum Gasteiger partial charge on any atom is 0.165 e. The molecule has 0 aromatic heterocycles. The second-order valence-electron chi connectivity index (χ2n) is 4.57. The summed E-state index contributed by atoms with van der Waals surface area (Å²) in [5.74, 6) is 0.567. The van der Waals surface area contributed by atoms with Crippen molar-refractivity contribution in [3.8, 4) is 11.5 Å². The fraction of sp³-hybridized carbons (Fsp3) is 0.250. The lowest BCUT2D eigenvalue weighted by Crippen LogP contribution is -2.03. The summed E-state index contributed by atoms with van der Waals surface area (Å²) >= 11 is 0.